The van der Waals surface area contributed by atoms with Gasteiger partial charge in [0.05, 0.1) is 6.61 Å². The van der Waals surface area contributed by atoms with Gasteiger partial charge < -0.3 is 9.64 Å². The molecule has 1 saturated heterocycles. The van der Waals surface area contributed by atoms with Crippen LogP contribution in [0.2, 0.25) is 0 Å². The zero-order valence-electron chi connectivity index (χ0n) is 10.3. The predicted molar refractivity (Wildman–Crippen MR) is 68.6 cm³/mol. The van der Waals surface area contributed by atoms with Crippen molar-refractivity contribution < 1.29 is 4.74 Å². The van der Waals surface area contributed by atoms with Crippen molar-refractivity contribution in [3.8, 4) is 0 Å². The van der Waals surface area contributed by atoms with Crippen molar-refractivity contribution in [1.29, 1.82) is 0 Å². The number of hydrogen-bond acceptors (Lipinski definition) is 5. The number of piperidine rings is 1. The fraction of sp³-hybridized carbons (Fsp3) is 0.833. The third-order valence-corrected chi connectivity index (χ3v) is 4.69. The van der Waals surface area contributed by atoms with Crippen LogP contribution >= 0.6 is 11.5 Å². The lowest BCUT2D eigenvalue weighted by atomic mass is 9.95. The van der Waals surface area contributed by atoms with Gasteiger partial charge in [-0.05, 0) is 31.1 Å². The Morgan fingerprint density at radius 2 is 2.29 bits per heavy atom. The SMILES string of the molecule is COCCc1nsc(N2CCCC3(CC3)C2)n1. The smallest absolute Gasteiger partial charge is 0.205 e. The Labute approximate surface area is 106 Å². The van der Waals surface area contributed by atoms with Crippen LogP contribution in [0.15, 0.2) is 0 Å². The highest BCUT2D eigenvalue weighted by atomic mass is 32.1. The summed E-state index contributed by atoms with van der Waals surface area (Å²) >= 11 is 1.54. The van der Waals surface area contributed by atoms with Gasteiger partial charge in [-0.25, -0.2) is 4.98 Å². The molecule has 0 unspecified atom stereocenters. The van der Waals surface area contributed by atoms with Crippen LogP contribution in [0, 0.1) is 5.41 Å². The van der Waals surface area contributed by atoms with Crippen molar-refractivity contribution in [2.75, 3.05) is 31.7 Å². The van der Waals surface area contributed by atoms with Crippen molar-refractivity contribution >= 4 is 16.7 Å². The van der Waals surface area contributed by atoms with E-state index in [4.69, 9.17) is 4.74 Å². The third-order valence-electron chi connectivity index (χ3n) is 3.88. The van der Waals surface area contributed by atoms with Crippen LogP contribution in [0.4, 0.5) is 5.13 Å². The third kappa shape index (κ3) is 2.45. The molecular weight excluding hydrogens is 234 g/mol. The van der Waals surface area contributed by atoms with Crippen molar-refractivity contribution in [2.45, 2.75) is 32.1 Å². The van der Waals surface area contributed by atoms with E-state index in [0.29, 0.717) is 12.0 Å². The maximum absolute atomic E-state index is 5.05. The van der Waals surface area contributed by atoms with Gasteiger partial charge in [-0.2, -0.15) is 4.37 Å². The number of hydrogen-bond donors (Lipinski definition) is 0. The van der Waals surface area contributed by atoms with E-state index in [1.165, 1.54) is 32.2 Å². The average molecular weight is 253 g/mol. The van der Waals surface area contributed by atoms with E-state index in [1.807, 2.05) is 0 Å². The van der Waals surface area contributed by atoms with Crippen LogP contribution in [0.25, 0.3) is 0 Å². The van der Waals surface area contributed by atoms with Crippen LogP contribution < -0.4 is 4.90 Å². The van der Waals surface area contributed by atoms with Crippen LogP contribution in [0.5, 0.6) is 0 Å². The minimum atomic E-state index is 0.649. The normalized spacial score (nSPS) is 22.1. The highest BCUT2D eigenvalue weighted by Crippen LogP contribution is 2.52. The molecule has 0 atom stereocenters. The van der Waals surface area contributed by atoms with E-state index in [1.54, 1.807) is 18.6 Å². The van der Waals surface area contributed by atoms with Gasteiger partial charge in [0.1, 0.15) is 5.82 Å². The molecule has 17 heavy (non-hydrogen) atoms. The second-order valence-corrected chi connectivity index (χ2v) is 5.99. The Bertz CT molecular complexity index is 389. The topological polar surface area (TPSA) is 38.2 Å². The molecule has 0 N–H and O–H groups in total. The summed E-state index contributed by atoms with van der Waals surface area (Å²) < 4.78 is 9.46. The Kier molecular flexibility index (Phi) is 3.04. The lowest BCUT2D eigenvalue weighted by molar-refractivity contribution is 0.201. The Morgan fingerprint density at radius 3 is 3.06 bits per heavy atom. The molecule has 0 aromatic carbocycles. The van der Waals surface area contributed by atoms with Crippen molar-refractivity contribution in [1.82, 2.24) is 9.36 Å². The zero-order valence-corrected chi connectivity index (χ0v) is 11.1. The van der Waals surface area contributed by atoms with E-state index in [-0.39, 0.29) is 0 Å². The molecule has 1 aromatic rings. The van der Waals surface area contributed by atoms with Gasteiger partial charge in [-0.3, -0.25) is 0 Å². The van der Waals surface area contributed by atoms with Crippen molar-refractivity contribution in [3.05, 3.63) is 5.82 Å². The summed E-state index contributed by atoms with van der Waals surface area (Å²) in [7, 11) is 1.72. The number of ether oxygens (including phenoxy) is 1. The highest BCUT2D eigenvalue weighted by Gasteiger charge is 2.45. The van der Waals surface area contributed by atoms with Gasteiger partial charge in [0, 0.05) is 38.2 Å². The largest absolute Gasteiger partial charge is 0.384 e. The van der Waals surface area contributed by atoms with Crippen LogP contribution in [-0.4, -0.2) is 36.2 Å². The number of rotatable bonds is 4. The van der Waals surface area contributed by atoms with Crippen molar-refractivity contribution in [3.63, 3.8) is 0 Å². The quantitative estimate of drug-likeness (QED) is 0.823. The molecule has 1 saturated carbocycles. The Balaban J connectivity index is 1.64. The monoisotopic (exact) mass is 253 g/mol. The summed E-state index contributed by atoms with van der Waals surface area (Å²) in [6, 6.07) is 0. The first-order valence-electron chi connectivity index (χ1n) is 6.38. The second kappa shape index (κ2) is 4.53. The Morgan fingerprint density at radius 1 is 1.41 bits per heavy atom. The Hall–Kier alpha value is -0.680. The summed E-state index contributed by atoms with van der Waals surface area (Å²) in [5, 5.41) is 1.11. The molecule has 1 aromatic heterocycles. The minimum absolute atomic E-state index is 0.649. The highest BCUT2D eigenvalue weighted by molar-refractivity contribution is 7.09. The molecule has 1 aliphatic carbocycles. The summed E-state index contributed by atoms with van der Waals surface area (Å²) in [6.45, 7) is 3.06. The van der Waals surface area contributed by atoms with Gasteiger partial charge in [0.2, 0.25) is 5.13 Å². The molecule has 1 aliphatic heterocycles. The molecular formula is C12H19N3OS. The van der Waals surface area contributed by atoms with E-state index in [2.05, 4.69) is 14.3 Å². The summed E-state index contributed by atoms with van der Waals surface area (Å²) in [5.41, 5.74) is 0.649. The lowest BCUT2D eigenvalue weighted by Gasteiger charge is -2.32. The number of anilines is 1. The first kappa shape index (κ1) is 11.4. The summed E-state index contributed by atoms with van der Waals surface area (Å²) in [6.07, 6.45) is 6.38. The predicted octanol–water partition coefficient (Wildman–Crippen LogP) is 2.11. The van der Waals surface area contributed by atoms with Crippen LogP contribution in [0.3, 0.4) is 0 Å². The fourth-order valence-electron chi connectivity index (χ4n) is 2.62. The molecule has 1 spiro atoms. The van der Waals surface area contributed by atoms with E-state index in [0.717, 1.165) is 23.9 Å². The molecule has 94 valence electrons. The van der Waals surface area contributed by atoms with Gasteiger partial charge >= 0.3 is 0 Å². The van der Waals surface area contributed by atoms with Crippen LogP contribution in [-0.2, 0) is 11.2 Å². The van der Waals surface area contributed by atoms with Gasteiger partial charge in [-0.15, -0.1) is 0 Å². The zero-order chi connectivity index (χ0) is 11.7. The standard InChI is InChI=1S/C12H19N3OS/c1-16-8-3-10-13-11(17-14-10)15-7-2-4-12(9-15)5-6-12/h2-9H2,1H3. The van der Waals surface area contributed by atoms with E-state index < -0.39 is 0 Å². The maximum atomic E-state index is 5.05. The number of methoxy groups -OCH3 is 1. The molecule has 5 heteroatoms. The molecule has 0 amide bonds. The van der Waals surface area contributed by atoms with Gasteiger partial charge in [0.15, 0.2) is 0 Å². The van der Waals surface area contributed by atoms with Gasteiger partial charge in [-0.1, -0.05) is 0 Å². The molecule has 4 nitrogen and oxygen atoms in total. The average Bonchev–Trinajstić information content (AvgIpc) is 2.94. The van der Waals surface area contributed by atoms with Crippen LogP contribution in [0.1, 0.15) is 31.5 Å². The van der Waals surface area contributed by atoms with E-state index >= 15 is 0 Å². The maximum Gasteiger partial charge on any atom is 0.205 e. The molecule has 2 fully saturated rings. The molecule has 0 radical (unpaired) electrons. The first-order chi connectivity index (χ1) is 8.31. The minimum Gasteiger partial charge on any atom is -0.384 e. The lowest BCUT2D eigenvalue weighted by Crippen LogP contribution is -2.36. The molecule has 3 rings (SSSR count). The summed E-state index contributed by atoms with van der Waals surface area (Å²) in [5.74, 6) is 0.933. The second-order valence-electron chi connectivity index (χ2n) is 5.26. The molecule has 0 bridgehead atoms. The summed E-state index contributed by atoms with van der Waals surface area (Å²) in [4.78, 5) is 7.05. The van der Waals surface area contributed by atoms with Crippen molar-refractivity contribution in [2.24, 2.45) is 5.41 Å². The fourth-order valence-corrected chi connectivity index (χ4v) is 3.36. The number of nitrogens with zero attached hydrogens (tertiary/aromatic N) is 3. The molecule has 2 heterocycles. The first-order valence-corrected chi connectivity index (χ1v) is 7.15. The molecule has 2 aliphatic rings. The van der Waals surface area contributed by atoms with E-state index in [9.17, 15) is 0 Å². The van der Waals surface area contributed by atoms with Gasteiger partial charge in [0.25, 0.3) is 0 Å². The number of aromatic nitrogens is 2.